The third kappa shape index (κ3) is 4.28. The molecule has 0 bridgehead atoms. The average Bonchev–Trinajstić information content (AvgIpc) is 3.09. The molecular formula is C14H18N2O3. The first kappa shape index (κ1) is 13.4. The molecule has 1 saturated heterocycles. The Balaban J connectivity index is 1.65. The lowest BCUT2D eigenvalue weighted by molar-refractivity contribution is -0.130. The summed E-state index contributed by atoms with van der Waals surface area (Å²) in [5, 5.41) is 2.68. The van der Waals surface area contributed by atoms with Gasteiger partial charge in [0.2, 0.25) is 11.8 Å². The molecule has 0 aromatic carbocycles. The maximum atomic E-state index is 11.7. The van der Waals surface area contributed by atoms with E-state index in [4.69, 9.17) is 4.42 Å². The first-order chi connectivity index (χ1) is 9.25. The van der Waals surface area contributed by atoms with E-state index in [2.05, 4.69) is 5.32 Å². The van der Waals surface area contributed by atoms with Crippen molar-refractivity contribution in [3.05, 3.63) is 30.2 Å². The number of rotatable bonds is 5. The summed E-state index contributed by atoms with van der Waals surface area (Å²) in [5.74, 6) is 0.529. The maximum Gasteiger partial charge on any atom is 0.244 e. The molecule has 102 valence electrons. The van der Waals surface area contributed by atoms with E-state index in [1.54, 1.807) is 24.5 Å². The van der Waals surface area contributed by atoms with Crippen molar-refractivity contribution in [1.82, 2.24) is 10.2 Å². The molecule has 2 rings (SSSR count). The second-order valence-electron chi connectivity index (χ2n) is 4.48. The highest BCUT2D eigenvalue weighted by Gasteiger charge is 2.17. The first-order valence-corrected chi connectivity index (χ1v) is 6.53. The van der Waals surface area contributed by atoms with Crippen molar-refractivity contribution in [3.63, 3.8) is 0 Å². The highest BCUT2D eigenvalue weighted by atomic mass is 16.3. The molecule has 5 heteroatoms. The quantitative estimate of drug-likeness (QED) is 0.816. The minimum Gasteiger partial charge on any atom is -0.465 e. The van der Waals surface area contributed by atoms with Crippen molar-refractivity contribution < 1.29 is 14.0 Å². The van der Waals surface area contributed by atoms with Gasteiger partial charge in [0.05, 0.1) is 6.26 Å². The molecule has 1 fully saturated rings. The maximum absolute atomic E-state index is 11.7. The van der Waals surface area contributed by atoms with Crippen molar-refractivity contribution in [2.45, 2.75) is 19.3 Å². The summed E-state index contributed by atoms with van der Waals surface area (Å²) in [4.78, 5) is 25.0. The van der Waals surface area contributed by atoms with Crippen molar-refractivity contribution in [2.75, 3.05) is 19.6 Å². The van der Waals surface area contributed by atoms with Gasteiger partial charge < -0.3 is 14.6 Å². The zero-order valence-electron chi connectivity index (χ0n) is 10.8. The number of likely N-dealkylation sites (tertiary alicyclic amines) is 1. The number of amides is 2. The van der Waals surface area contributed by atoms with Gasteiger partial charge in [-0.15, -0.1) is 0 Å². The first-order valence-electron chi connectivity index (χ1n) is 6.53. The molecule has 1 aliphatic rings. The Bertz CT molecular complexity index is 445. The van der Waals surface area contributed by atoms with Crippen molar-refractivity contribution >= 4 is 17.9 Å². The Morgan fingerprint density at radius 1 is 1.37 bits per heavy atom. The summed E-state index contributed by atoms with van der Waals surface area (Å²) in [7, 11) is 0. The van der Waals surface area contributed by atoms with Gasteiger partial charge in [0.1, 0.15) is 5.76 Å². The zero-order valence-corrected chi connectivity index (χ0v) is 10.8. The molecule has 0 atom stereocenters. The van der Waals surface area contributed by atoms with E-state index >= 15 is 0 Å². The summed E-state index contributed by atoms with van der Waals surface area (Å²) < 4.78 is 5.07. The van der Waals surface area contributed by atoms with E-state index < -0.39 is 0 Å². The fourth-order valence-electron chi connectivity index (χ4n) is 2.02. The van der Waals surface area contributed by atoms with Gasteiger partial charge in [-0.2, -0.15) is 0 Å². The molecule has 1 aliphatic heterocycles. The minimum absolute atomic E-state index is 0.118. The van der Waals surface area contributed by atoms with Gasteiger partial charge >= 0.3 is 0 Å². The predicted octanol–water partition coefficient (Wildman–Crippen LogP) is 1.42. The van der Waals surface area contributed by atoms with Crippen LogP contribution in [-0.4, -0.2) is 36.3 Å². The predicted molar refractivity (Wildman–Crippen MR) is 71.2 cm³/mol. The zero-order chi connectivity index (χ0) is 13.5. The summed E-state index contributed by atoms with van der Waals surface area (Å²) in [6.07, 6.45) is 7.08. The summed E-state index contributed by atoms with van der Waals surface area (Å²) >= 11 is 0. The second-order valence-corrected chi connectivity index (χ2v) is 4.48. The lowest BCUT2D eigenvalue weighted by atomic mass is 10.3. The van der Waals surface area contributed by atoms with Crippen LogP contribution in [0.4, 0.5) is 0 Å². The molecule has 0 radical (unpaired) electrons. The van der Waals surface area contributed by atoms with Crippen molar-refractivity contribution in [3.8, 4) is 0 Å². The monoisotopic (exact) mass is 262 g/mol. The molecule has 0 unspecified atom stereocenters. The van der Waals surface area contributed by atoms with Crippen LogP contribution in [0.15, 0.2) is 28.9 Å². The lowest BCUT2D eigenvalue weighted by Crippen LogP contribution is -2.32. The molecule has 5 nitrogen and oxygen atoms in total. The molecule has 0 saturated carbocycles. The summed E-state index contributed by atoms with van der Waals surface area (Å²) in [5.41, 5.74) is 0. The van der Waals surface area contributed by atoms with Crippen LogP contribution >= 0.6 is 0 Å². The van der Waals surface area contributed by atoms with Crippen molar-refractivity contribution in [2.24, 2.45) is 0 Å². The highest BCUT2D eigenvalue weighted by Crippen LogP contribution is 2.08. The topological polar surface area (TPSA) is 62.6 Å². The third-order valence-electron chi connectivity index (χ3n) is 3.04. The Morgan fingerprint density at radius 3 is 2.84 bits per heavy atom. The van der Waals surface area contributed by atoms with Crippen LogP contribution in [0.25, 0.3) is 6.08 Å². The number of hydrogen-bond donors (Lipinski definition) is 1. The van der Waals surface area contributed by atoms with Gasteiger partial charge in [-0.1, -0.05) is 0 Å². The van der Waals surface area contributed by atoms with Crippen LogP contribution in [-0.2, 0) is 9.59 Å². The van der Waals surface area contributed by atoms with E-state index in [0.717, 1.165) is 25.9 Å². The van der Waals surface area contributed by atoms with E-state index in [1.165, 1.54) is 6.08 Å². The fraction of sp³-hybridized carbons (Fsp3) is 0.429. The lowest BCUT2D eigenvalue weighted by Gasteiger charge is -2.14. The smallest absolute Gasteiger partial charge is 0.244 e. The van der Waals surface area contributed by atoms with Gasteiger partial charge in [0.25, 0.3) is 0 Å². The van der Waals surface area contributed by atoms with Gasteiger partial charge in [-0.25, -0.2) is 0 Å². The second kappa shape index (κ2) is 6.78. The van der Waals surface area contributed by atoms with Crippen LogP contribution < -0.4 is 5.32 Å². The Hall–Kier alpha value is -2.04. The molecular weight excluding hydrogens is 244 g/mol. The van der Waals surface area contributed by atoms with Gasteiger partial charge in [0.15, 0.2) is 0 Å². The molecule has 1 aromatic heterocycles. The number of hydrogen-bond acceptors (Lipinski definition) is 3. The Kier molecular flexibility index (Phi) is 4.78. The van der Waals surface area contributed by atoms with Crippen LogP contribution in [0.2, 0.25) is 0 Å². The summed E-state index contributed by atoms with van der Waals surface area (Å²) in [6.45, 7) is 2.08. The molecule has 2 heterocycles. The van der Waals surface area contributed by atoms with Gasteiger partial charge in [-0.3, -0.25) is 9.59 Å². The molecule has 0 spiro atoms. The largest absolute Gasteiger partial charge is 0.465 e. The normalized spacial score (nSPS) is 15.1. The fourth-order valence-corrected chi connectivity index (χ4v) is 2.02. The van der Waals surface area contributed by atoms with Gasteiger partial charge in [0, 0.05) is 32.1 Å². The Labute approximate surface area is 112 Å². The van der Waals surface area contributed by atoms with E-state index in [0.29, 0.717) is 18.7 Å². The van der Waals surface area contributed by atoms with Gasteiger partial charge in [-0.05, 0) is 31.1 Å². The standard InChI is InChI=1S/C14H18N2O3/c17-13(6-5-12-4-3-11-19-12)15-8-7-14(18)16-9-1-2-10-16/h3-6,11H,1-2,7-10H2,(H,15,17). The number of carbonyl (C=O) groups is 2. The number of furan rings is 1. The van der Waals surface area contributed by atoms with E-state index in [1.807, 2.05) is 4.90 Å². The van der Waals surface area contributed by atoms with Crippen LogP contribution in [0.5, 0.6) is 0 Å². The molecule has 19 heavy (non-hydrogen) atoms. The average molecular weight is 262 g/mol. The van der Waals surface area contributed by atoms with Crippen LogP contribution in [0.3, 0.4) is 0 Å². The SMILES string of the molecule is O=C(C=Cc1ccco1)NCCC(=O)N1CCCC1. The Morgan fingerprint density at radius 2 is 2.16 bits per heavy atom. The van der Waals surface area contributed by atoms with Crippen LogP contribution in [0, 0.1) is 0 Å². The van der Waals surface area contributed by atoms with E-state index in [9.17, 15) is 9.59 Å². The van der Waals surface area contributed by atoms with Crippen LogP contribution in [0.1, 0.15) is 25.0 Å². The molecule has 1 aromatic rings. The van der Waals surface area contributed by atoms with E-state index in [-0.39, 0.29) is 11.8 Å². The molecule has 2 amide bonds. The number of nitrogens with zero attached hydrogens (tertiary/aromatic N) is 1. The molecule has 0 aliphatic carbocycles. The highest BCUT2D eigenvalue weighted by molar-refractivity contribution is 5.91. The number of nitrogens with one attached hydrogen (secondary N) is 1. The molecule has 1 N–H and O–H groups in total. The number of carbonyl (C=O) groups excluding carboxylic acids is 2. The minimum atomic E-state index is -0.217. The third-order valence-corrected chi connectivity index (χ3v) is 3.04. The summed E-state index contributed by atoms with van der Waals surface area (Å²) in [6, 6.07) is 3.52. The van der Waals surface area contributed by atoms with Crippen molar-refractivity contribution in [1.29, 1.82) is 0 Å².